The molecule has 0 saturated carbocycles. The van der Waals surface area contributed by atoms with Gasteiger partial charge in [0.15, 0.2) is 0 Å². The molecule has 0 aliphatic rings. The fourth-order valence-electron chi connectivity index (χ4n) is 1.00. The van der Waals surface area contributed by atoms with E-state index in [1.807, 2.05) is 6.92 Å². The van der Waals surface area contributed by atoms with Crippen LogP contribution in [0.3, 0.4) is 0 Å². The number of likely N-dealkylation sites (N-methyl/N-ethyl adjacent to an activating group) is 1. The summed E-state index contributed by atoms with van der Waals surface area (Å²) in [7, 11) is 0. The standard InChI is InChI=1S/C9H17NO3S/c1-3-10(7-9(12)13)8(11)5-6-14-4-2/h3-7H2,1-2H3,(H,12,13). The topological polar surface area (TPSA) is 57.6 Å². The van der Waals surface area contributed by atoms with Gasteiger partial charge in [-0.2, -0.15) is 11.8 Å². The lowest BCUT2D eigenvalue weighted by molar-refractivity contribution is -0.144. The number of carboxylic acid groups (broad SMARTS) is 1. The van der Waals surface area contributed by atoms with Gasteiger partial charge in [-0.05, 0) is 12.7 Å². The summed E-state index contributed by atoms with van der Waals surface area (Å²) >= 11 is 1.69. The Morgan fingerprint density at radius 3 is 2.43 bits per heavy atom. The van der Waals surface area contributed by atoms with E-state index in [0.29, 0.717) is 13.0 Å². The molecule has 0 heterocycles. The van der Waals surface area contributed by atoms with Crippen LogP contribution in [0.1, 0.15) is 20.3 Å². The molecule has 4 nitrogen and oxygen atoms in total. The Morgan fingerprint density at radius 1 is 1.36 bits per heavy atom. The zero-order chi connectivity index (χ0) is 11.0. The predicted molar refractivity (Wildman–Crippen MR) is 57.5 cm³/mol. The zero-order valence-electron chi connectivity index (χ0n) is 8.65. The van der Waals surface area contributed by atoms with Crippen molar-refractivity contribution in [2.45, 2.75) is 20.3 Å². The van der Waals surface area contributed by atoms with Crippen LogP contribution in [-0.2, 0) is 9.59 Å². The number of carbonyl (C=O) groups is 2. The molecule has 14 heavy (non-hydrogen) atoms. The van der Waals surface area contributed by atoms with E-state index in [0.717, 1.165) is 11.5 Å². The molecule has 0 spiro atoms. The maximum absolute atomic E-state index is 11.4. The Balaban J connectivity index is 3.85. The van der Waals surface area contributed by atoms with Crippen LogP contribution in [0.5, 0.6) is 0 Å². The van der Waals surface area contributed by atoms with Crippen LogP contribution in [0.2, 0.25) is 0 Å². The van der Waals surface area contributed by atoms with E-state index in [9.17, 15) is 9.59 Å². The third kappa shape index (κ3) is 5.85. The van der Waals surface area contributed by atoms with Crippen LogP contribution >= 0.6 is 11.8 Å². The molecule has 0 aromatic carbocycles. The lowest BCUT2D eigenvalue weighted by atomic mass is 10.4. The Labute approximate surface area is 88.7 Å². The van der Waals surface area contributed by atoms with Crippen molar-refractivity contribution in [3.05, 3.63) is 0 Å². The number of rotatable bonds is 7. The number of aliphatic carboxylic acids is 1. The first kappa shape index (κ1) is 13.3. The molecule has 0 saturated heterocycles. The van der Waals surface area contributed by atoms with E-state index in [1.165, 1.54) is 4.90 Å². The number of hydrogen-bond acceptors (Lipinski definition) is 3. The van der Waals surface area contributed by atoms with Crippen LogP contribution in [-0.4, -0.2) is 46.5 Å². The van der Waals surface area contributed by atoms with Gasteiger partial charge in [0.2, 0.25) is 5.91 Å². The highest BCUT2D eigenvalue weighted by atomic mass is 32.2. The second-order valence-electron chi connectivity index (χ2n) is 2.75. The highest BCUT2D eigenvalue weighted by Crippen LogP contribution is 2.03. The van der Waals surface area contributed by atoms with E-state index in [4.69, 9.17) is 5.11 Å². The third-order valence-electron chi connectivity index (χ3n) is 1.72. The van der Waals surface area contributed by atoms with Crippen molar-refractivity contribution >= 4 is 23.6 Å². The summed E-state index contributed by atoms with van der Waals surface area (Å²) in [5.74, 6) is 0.725. The van der Waals surface area contributed by atoms with Crippen LogP contribution in [0.15, 0.2) is 0 Å². The van der Waals surface area contributed by atoms with Gasteiger partial charge in [-0.25, -0.2) is 0 Å². The fraction of sp³-hybridized carbons (Fsp3) is 0.778. The molecule has 0 aromatic heterocycles. The van der Waals surface area contributed by atoms with Gasteiger partial charge in [0, 0.05) is 18.7 Å². The maximum atomic E-state index is 11.4. The first-order valence-electron chi connectivity index (χ1n) is 4.69. The Bertz CT molecular complexity index is 196. The van der Waals surface area contributed by atoms with Gasteiger partial charge in [0.1, 0.15) is 6.54 Å². The summed E-state index contributed by atoms with van der Waals surface area (Å²) < 4.78 is 0. The largest absolute Gasteiger partial charge is 0.480 e. The first-order valence-corrected chi connectivity index (χ1v) is 5.84. The Hall–Kier alpha value is -0.710. The molecule has 0 rings (SSSR count). The molecule has 0 aromatic rings. The number of carboxylic acids is 1. The number of carbonyl (C=O) groups excluding carboxylic acids is 1. The van der Waals surface area contributed by atoms with Crippen LogP contribution in [0, 0.1) is 0 Å². The summed E-state index contributed by atoms with van der Waals surface area (Å²) in [5, 5.41) is 8.54. The SMILES string of the molecule is CCSCCC(=O)N(CC)CC(=O)O. The molecule has 0 atom stereocenters. The summed E-state index contributed by atoms with van der Waals surface area (Å²) in [5.41, 5.74) is 0. The van der Waals surface area contributed by atoms with Crippen LogP contribution in [0.4, 0.5) is 0 Å². The van der Waals surface area contributed by atoms with Gasteiger partial charge in [0.05, 0.1) is 0 Å². The van der Waals surface area contributed by atoms with E-state index in [1.54, 1.807) is 18.7 Å². The first-order chi connectivity index (χ1) is 6.61. The summed E-state index contributed by atoms with van der Waals surface area (Å²) in [6, 6.07) is 0. The van der Waals surface area contributed by atoms with Crippen molar-refractivity contribution < 1.29 is 14.7 Å². The lowest BCUT2D eigenvalue weighted by Crippen LogP contribution is -2.35. The van der Waals surface area contributed by atoms with E-state index in [-0.39, 0.29) is 12.5 Å². The third-order valence-corrected chi connectivity index (χ3v) is 2.63. The summed E-state index contributed by atoms with van der Waals surface area (Å²) in [6.07, 6.45) is 0.430. The van der Waals surface area contributed by atoms with Crippen molar-refractivity contribution in [2.75, 3.05) is 24.6 Å². The second kappa shape index (κ2) is 7.67. The van der Waals surface area contributed by atoms with E-state index in [2.05, 4.69) is 0 Å². The molecule has 5 heteroatoms. The molecule has 0 aliphatic heterocycles. The van der Waals surface area contributed by atoms with Crippen molar-refractivity contribution in [2.24, 2.45) is 0 Å². The molecule has 1 amide bonds. The minimum atomic E-state index is -0.955. The monoisotopic (exact) mass is 219 g/mol. The minimum Gasteiger partial charge on any atom is -0.480 e. The second-order valence-corrected chi connectivity index (χ2v) is 4.14. The van der Waals surface area contributed by atoms with Crippen molar-refractivity contribution in [3.63, 3.8) is 0 Å². The van der Waals surface area contributed by atoms with Gasteiger partial charge in [-0.3, -0.25) is 9.59 Å². The Morgan fingerprint density at radius 2 is 2.00 bits per heavy atom. The van der Waals surface area contributed by atoms with Gasteiger partial charge in [-0.15, -0.1) is 0 Å². The zero-order valence-corrected chi connectivity index (χ0v) is 9.47. The quantitative estimate of drug-likeness (QED) is 0.651. The number of hydrogen-bond donors (Lipinski definition) is 1. The van der Waals surface area contributed by atoms with Crippen molar-refractivity contribution in [3.8, 4) is 0 Å². The predicted octanol–water partition coefficient (Wildman–Crippen LogP) is 1.06. The van der Waals surface area contributed by atoms with Crippen molar-refractivity contribution in [1.82, 2.24) is 4.90 Å². The Kier molecular flexibility index (Phi) is 7.28. The molecular formula is C9H17NO3S. The van der Waals surface area contributed by atoms with Gasteiger partial charge >= 0.3 is 5.97 Å². The molecule has 0 aliphatic carbocycles. The van der Waals surface area contributed by atoms with Crippen molar-refractivity contribution in [1.29, 1.82) is 0 Å². The maximum Gasteiger partial charge on any atom is 0.323 e. The number of amides is 1. The van der Waals surface area contributed by atoms with Gasteiger partial charge in [-0.1, -0.05) is 6.92 Å². The van der Waals surface area contributed by atoms with E-state index >= 15 is 0 Å². The van der Waals surface area contributed by atoms with Gasteiger partial charge in [0.25, 0.3) is 0 Å². The van der Waals surface area contributed by atoms with Gasteiger partial charge < -0.3 is 10.0 Å². The normalized spacial score (nSPS) is 9.86. The highest BCUT2D eigenvalue weighted by molar-refractivity contribution is 7.99. The van der Waals surface area contributed by atoms with Crippen LogP contribution in [0.25, 0.3) is 0 Å². The minimum absolute atomic E-state index is 0.0733. The smallest absolute Gasteiger partial charge is 0.323 e. The summed E-state index contributed by atoms with van der Waals surface area (Å²) in [6.45, 7) is 4.09. The highest BCUT2D eigenvalue weighted by Gasteiger charge is 2.13. The average Bonchev–Trinajstić information content (AvgIpc) is 2.14. The lowest BCUT2D eigenvalue weighted by Gasteiger charge is -2.18. The molecule has 1 N–H and O–H groups in total. The average molecular weight is 219 g/mol. The molecule has 0 unspecified atom stereocenters. The van der Waals surface area contributed by atoms with E-state index < -0.39 is 5.97 Å². The fourth-order valence-corrected chi connectivity index (χ4v) is 1.61. The molecule has 0 radical (unpaired) electrons. The number of nitrogens with zero attached hydrogens (tertiary/aromatic N) is 1. The number of thioether (sulfide) groups is 1. The molecule has 0 fully saturated rings. The summed E-state index contributed by atoms with van der Waals surface area (Å²) in [4.78, 5) is 23.2. The molecular weight excluding hydrogens is 202 g/mol. The molecule has 0 bridgehead atoms. The van der Waals surface area contributed by atoms with Crippen LogP contribution < -0.4 is 0 Å². The molecule has 82 valence electrons.